The van der Waals surface area contributed by atoms with Gasteiger partial charge >= 0.3 is 5.97 Å². The van der Waals surface area contributed by atoms with Crippen molar-refractivity contribution in [2.24, 2.45) is 23.3 Å². The van der Waals surface area contributed by atoms with Crippen molar-refractivity contribution < 1.29 is 44.7 Å². The third kappa shape index (κ3) is 2.41. The number of aromatic hydroxyl groups is 1. The van der Waals surface area contributed by atoms with Crippen LogP contribution in [0.1, 0.15) is 23.5 Å². The lowest BCUT2D eigenvalue weighted by atomic mass is 9.55. The van der Waals surface area contributed by atoms with Crippen LogP contribution in [0, 0.1) is 11.8 Å². The summed E-state index contributed by atoms with van der Waals surface area (Å²) in [6, 6.07) is 2.27. The van der Waals surface area contributed by atoms with Crippen molar-refractivity contribution in [3.8, 4) is 5.75 Å². The van der Waals surface area contributed by atoms with Crippen molar-refractivity contribution in [1.29, 1.82) is 0 Å². The van der Waals surface area contributed by atoms with Crippen LogP contribution < -0.4 is 11.5 Å². The van der Waals surface area contributed by atoms with Crippen LogP contribution in [-0.4, -0.2) is 60.6 Å². The lowest BCUT2D eigenvalue weighted by Gasteiger charge is -2.49. The molecule has 1 aromatic rings. The monoisotopic (exact) mass is 430 g/mol. The molecular formula is C20H18N2O9. The number of aliphatic carboxylic acids is 1. The molecule has 9 N–H and O–H groups in total. The summed E-state index contributed by atoms with van der Waals surface area (Å²) >= 11 is 0. The number of carboxylic acid groups (broad SMARTS) is 1. The smallest absolute Gasteiger partial charge is 0.311 e. The van der Waals surface area contributed by atoms with Crippen LogP contribution in [0.15, 0.2) is 35.1 Å². The van der Waals surface area contributed by atoms with Gasteiger partial charge in [0.15, 0.2) is 11.4 Å². The van der Waals surface area contributed by atoms with E-state index in [-0.39, 0.29) is 11.1 Å². The number of aliphatic hydroxyl groups is 3. The quantitative estimate of drug-likeness (QED) is 0.283. The van der Waals surface area contributed by atoms with Crippen LogP contribution >= 0.6 is 0 Å². The molecule has 162 valence electrons. The van der Waals surface area contributed by atoms with Gasteiger partial charge < -0.3 is 37.0 Å². The Bertz CT molecular complexity index is 1150. The largest absolute Gasteiger partial charge is 0.508 e. The standard InChI is InChI=1S/C20H18N2O9/c21-13-7-4-6-9(19(29)30)5-2-1-3-8(23)10(5)14(24)11(6)16(26)20(7,31)17(27)12(15(13)25)18(22)28/h1-3,6-7,9,13,23-24,27,31H,4,21H2,(H2,22,28)(H,29,30)/t6-,7+,9-,13+,20+/m1/s1. The number of hydrogen-bond acceptors (Lipinski definition) is 9. The molecule has 0 aliphatic heterocycles. The zero-order chi connectivity index (χ0) is 23.0. The molecule has 1 saturated carbocycles. The molecular weight excluding hydrogens is 412 g/mol. The summed E-state index contributed by atoms with van der Waals surface area (Å²) in [5, 5.41) is 52.5. The van der Waals surface area contributed by atoms with Crippen molar-refractivity contribution in [2.75, 3.05) is 0 Å². The molecule has 0 heterocycles. The Balaban J connectivity index is 2.03. The van der Waals surface area contributed by atoms with Crippen LogP contribution in [0.3, 0.4) is 0 Å². The molecule has 1 fully saturated rings. The third-order valence-corrected chi connectivity index (χ3v) is 6.40. The van der Waals surface area contributed by atoms with Crippen LogP contribution in [0.2, 0.25) is 0 Å². The number of carbonyl (C=O) groups is 4. The molecule has 5 atom stereocenters. The second kappa shape index (κ2) is 6.40. The van der Waals surface area contributed by atoms with Gasteiger partial charge in [0.05, 0.1) is 17.5 Å². The number of fused-ring (bicyclic) bond motifs is 3. The van der Waals surface area contributed by atoms with E-state index >= 15 is 0 Å². The van der Waals surface area contributed by atoms with Gasteiger partial charge in [-0.1, -0.05) is 12.1 Å². The van der Waals surface area contributed by atoms with Crippen molar-refractivity contribution in [2.45, 2.75) is 24.0 Å². The van der Waals surface area contributed by atoms with E-state index in [4.69, 9.17) is 11.5 Å². The number of aliphatic hydroxyl groups excluding tert-OH is 2. The normalized spacial score (nSPS) is 32.3. The van der Waals surface area contributed by atoms with E-state index < -0.39 is 87.7 Å². The molecule has 0 bridgehead atoms. The lowest BCUT2D eigenvalue weighted by molar-refractivity contribution is -0.151. The summed E-state index contributed by atoms with van der Waals surface area (Å²) in [5.74, 6) is -11.9. The van der Waals surface area contributed by atoms with E-state index in [2.05, 4.69) is 0 Å². The number of carbonyl (C=O) groups excluding carboxylic acids is 3. The molecule has 4 rings (SSSR count). The van der Waals surface area contributed by atoms with Gasteiger partial charge in [-0.2, -0.15) is 0 Å². The molecule has 0 spiro atoms. The van der Waals surface area contributed by atoms with E-state index in [1.165, 1.54) is 18.2 Å². The zero-order valence-corrected chi connectivity index (χ0v) is 15.8. The maximum Gasteiger partial charge on any atom is 0.311 e. The molecule has 3 aliphatic carbocycles. The summed E-state index contributed by atoms with van der Waals surface area (Å²) in [5.41, 5.74) is 6.25. The van der Waals surface area contributed by atoms with Gasteiger partial charge in [0, 0.05) is 17.4 Å². The third-order valence-electron chi connectivity index (χ3n) is 6.40. The first kappa shape index (κ1) is 20.6. The fourth-order valence-electron chi connectivity index (χ4n) is 5.01. The molecule has 1 amide bonds. The molecule has 1 aromatic carbocycles. The number of hydrogen-bond donors (Lipinski definition) is 7. The first-order valence-corrected chi connectivity index (χ1v) is 9.23. The number of primary amides is 1. The Kier molecular flexibility index (Phi) is 4.24. The summed E-state index contributed by atoms with van der Waals surface area (Å²) in [7, 11) is 0. The number of ketones is 2. The van der Waals surface area contributed by atoms with Crippen molar-refractivity contribution in [3.63, 3.8) is 0 Å². The zero-order valence-electron chi connectivity index (χ0n) is 15.8. The molecule has 0 aromatic heterocycles. The molecule has 3 aliphatic rings. The number of carboxylic acids is 1. The summed E-state index contributed by atoms with van der Waals surface area (Å²) < 4.78 is 0. The maximum absolute atomic E-state index is 13.4. The van der Waals surface area contributed by atoms with Gasteiger partial charge in [-0.05, 0) is 18.1 Å². The van der Waals surface area contributed by atoms with E-state index in [9.17, 15) is 44.7 Å². The molecule has 31 heavy (non-hydrogen) atoms. The summed E-state index contributed by atoms with van der Waals surface area (Å²) in [6.45, 7) is 0. The van der Waals surface area contributed by atoms with Crippen molar-refractivity contribution in [3.05, 3.63) is 46.2 Å². The SMILES string of the molecule is NC(=O)C1=C(O)[C@@]2(O)C(=O)C3=C(O)c4c(O)cccc4[C@@H](C(=O)O)[C@H]3C[C@H]2[C@H](N)C1=O. The molecule has 0 radical (unpaired) electrons. The molecule has 0 saturated heterocycles. The minimum Gasteiger partial charge on any atom is -0.508 e. The second-order valence-corrected chi connectivity index (χ2v) is 7.84. The predicted octanol–water partition coefficient (Wildman–Crippen LogP) is -1.01. The average Bonchev–Trinajstić information content (AvgIpc) is 2.68. The Morgan fingerprint density at radius 3 is 2.35 bits per heavy atom. The molecule has 11 heteroatoms. The Labute approximate surface area is 173 Å². The number of Topliss-reactive ketones (excluding diaryl/α,β-unsaturated/α-hetero) is 2. The van der Waals surface area contributed by atoms with Gasteiger partial charge in [-0.3, -0.25) is 19.2 Å². The number of phenols is 1. The van der Waals surface area contributed by atoms with Crippen molar-refractivity contribution in [1.82, 2.24) is 0 Å². The number of phenolic OH excluding ortho intramolecular Hbond substituents is 1. The highest BCUT2D eigenvalue weighted by Gasteiger charge is 2.64. The Hall–Kier alpha value is -3.70. The number of amides is 1. The van der Waals surface area contributed by atoms with Crippen LogP contribution in [0.25, 0.3) is 5.76 Å². The lowest BCUT2D eigenvalue weighted by Crippen LogP contribution is -2.65. The fourth-order valence-corrected chi connectivity index (χ4v) is 5.01. The molecule has 0 unspecified atom stereocenters. The van der Waals surface area contributed by atoms with Gasteiger partial charge in [-0.25, -0.2) is 0 Å². The van der Waals surface area contributed by atoms with Gasteiger partial charge in [0.1, 0.15) is 22.8 Å². The Morgan fingerprint density at radius 2 is 1.77 bits per heavy atom. The van der Waals surface area contributed by atoms with Gasteiger partial charge in [0.25, 0.3) is 5.91 Å². The predicted molar refractivity (Wildman–Crippen MR) is 101 cm³/mol. The number of rotatable bonds is 2. The Morgan fingerprint density at radius 1 is 1.13 bits per heavy atom. The maximum atomic E-state index is 13.4. The van der Waals surface area contributed by atoms with Crippen molar-refractivity contribution >= 4 is 29.2 Å². The topological polar surface area (TPSA) is 221 Å². The molecule has 11 nitrogen and oxygen atoms in total. The fraction of sp³-hybridized carbons (Fsp3) is 0.300. The van der Waals surface area contributed by atoms with Crippen LogP contribution in [-0.2, 0) is 19.2 Å². The van der Waals surface area contributed by atoms with E-state index in [1.807, 2.05) is 0 Å². The van der Waals surface area contributed by atoms with Gasteiger partial charge in [0.2, 0.25) is 5.78 Å². The summed E-state index contributed by atoms with van der Waals surface area (Å²) in [4.78, 5) is 49.7. The van der Waals surface area contributed by atoms with E-state index in [0.717, 1.165) is 0 Å². The van der Waals surface area contributed by atoms with E-state index in [0.29, 0.717) is 0 Å². The minimum absolute atomic E-state index is 0.0327. The first-order valence-electron chi connectivity index (χ1n) is 9.23. The second-order valence-electron chi connectivity index (χ2n) is 7.84. The van der Waals surface area contributed by atoms with E-state index in [1.54, 1.807) is 0 Å². The highest BCUT2D eigenvalue weighted by atomic mass is 16.4. The minimum atomic E-state index is -2.89. The van der Waals surface area contributed by atoms with Crippen LogP contribution in [0.5, 0.6) is 5.75 Å². The number of nitrogens with two attached hydrogens (primary N) is 2. The van der Waals surface area contributed by atoms with Crippen LogP contribution in [0.4, 0.5) is 0 Å². The average molecular weight is 430 g/mol. The van der Waals surface area contributed by atoms with Gasteiger partial charge in [-0.15, -0.1) is 0 Å². The summed E-state index contributed by atoms with van der Waals surface area (Å²) in [6.07, 6.45) is -0.392. The number of benzene rings is 1. The highest BCUT2D eigenvalue weighted by molar-refractivity contribution is 6.24. The first-order chi connectivity index (χ1) is 14.4. The highest BCUT2D eigenvalue weighted by Crippen LogP contribution is 2.55.